The number of carbonyl (C=O) groups excluding carboxylic acids is 1. The minimum atomic E-state index is -0.928. The number of rotatable bonds is 4. The lowest BCUT2D eigenvalue weighted by Crippen LogP contribution is -2.48. The maximum Gasteiger partial charge on any atom is 0.326 e. The van der Waals surface area contributed by atoms with Crippen LogP contribution in [-0.4, -0.2) is 54.8 Å². The zero-order valence-corrected chi connectivity index (χ0v) is 15.8. The van der Waals surface area contributed by atoms with Gasteiger partial charge in [-0.05, 0) is 43.9 Å². The molecule has 140 valence electrons. The summed E-state index contributed by atoms with van der Waals surface area (Å²) in [5.41, 5.74) is 2.85. The molecule has 7 nitrogen and oxygen atoms in total. The minimum absolute atomic E-state index is 0.146. The average molecular weight is 384 g/mol. The molecule has 0 radical (unpaired) electrons. The van der Waals surface area contributed by atoms with Crippen LogP contribution in [0.25, 0.3) is 16.6 Å². The maximum atomic E-state index is 12.6. The number of para-hydroxylation sites is 1. The average Bonchev–Trinajstić information content (AvgIpc) is 3.09. The number of aryl methyl sites for hydroxylation is 1. The second-order valence-corrected chi connectivity index (χ2v) is 7.69. The van der Waals surface area contributed by atoms with Gasteiger partial charge in [0.25, 0.3) is 0 Å². The molecule has 1 N–H and O–H groups in total. The van der Waals surface area contributed by atoms with E-state index in [1.807, 2.05) is 35.6 Å². The monoisotopic (exact) mass is 384 g/mol. The smallest absolute Gasteiger partial charge is 0.326 e. The van der Waals surface area contributed by atoms with E-state index in [0.29, 0.717) is 18.1 Å². The van der Waals surface area contributed by atoms with Crippen molar-refractivity contribution in [1.29, 1.82) is 0 Å². The lowest BCUT2D eigenvalue weighted by atomic mass is 10.0. The Morgan fingerprint density at radius 2 is 2.07 bits per heavy atom. The number of benzene rings is 1. The van der Waals surface area contributed by atoms with Crippen LogP contribution in [0.3, 0.4) is 0 Å². The summed E-state index contributed by atoms with van der Waals surface area (Å²) >= 11 is 1.30. The lowest BCUT2D eigenvalue weighted by molar-refractivity contribution is -0.150. The van der Waals surface area contributed by atoms with Crippen LogP contribution in [0.5, 0.6) is 0 Å². The normalized spacial score (nSPS) is 17.5. The second kappa shape index (κ2) is 7.19. The summed E-state index contributed by atoms with van der Waals surface area (Å²) in [6.45, 7) is 2.54. The lowest BCUT2D eigenvalue weighted by Gasteiger charge is -2.32. The SMILES string of the molecule is Cc1cc2nnc(SCC(=O)N3CCCC[C@@H]3C(=O)O)n2c2ccccc12. The molecule has 0 saturated carbocycles. The molecule has 8 heteroatoms. The molecule has 0 unspecified atom stereocenters. The third-order valence-corrected chi connectivity index (χ3v) is 5.92. The van der Waals surface area contributed by atoms with Gasteiger partial charge in [-0.25, -0.2) is 4.79 Å². The molecule has 1 saturated heterocycles. The number of aromatic nitrogens is 3. The maximum absolute atomic E-state index is 12.6. The summed E-state index contributed by atoms with van der Waals surface area (Å²) < 4.78 is 1.95. The number of thioether (sulfide) groups is 1. The molecule has 1 aromatic carbocycles. The predicted molar refractivity (Wildman–Crippen MR) is 103 cm³/mol. The van der Waals surface area contributed by atoms with Crippen molar-refractivity contribution in [2.45, 2.75) is 37.4 Å². The number of nitrogens with zero attached hydrogens (tertiary/aromatic N) is 4. The topological polar surface area (TPSA) is 87.8 Å². The molecule has 3 aromatic rings. The van der Waals surface area contributed by atoms with Crippen LogP contribution in [0.4, 0.5) is 0 Å². The van der Waals surface area contributed by atoms with E-state index in [9.17, 15) is 14.7 Å². The molecule has 3 heterocycles. The van der Waals surface area contributed by atoms with Crippen LogP contribution in [0.2, 0.25) is 0 Å². The van der Waals surface area contributed by atoms with Gasteiger partial charge in [-0.1, -0.05) is 30.0 Å². The third kappa shape index (κ3) is 3.25. The van der Waals surface area contributed by atoms with E-state index in [4.69, 9.17) is 0 Å². The Balaban J connectivity index is 1.60. The molecule has 1 atom stereocenters. The van der Waals surface area contributed by atoms with Crippen molar-refractivity contribution < 1.29 is 14.7 Å². The van der Waals surface area contributed by atoms with Gasteiger partial charge in [0, 0.05) is 11.9 Å². The third-order valence-electron chi connectivity index (χ3n) is 5.01. The Morgan fingerprint density at radius 3 is 2.89 bits per heavy atom. The molecular weight excluding hydrogens is 364 g/mol. The Kier molecular flexibility index (Phi) is 4.73. The number of carboxylic acids is 1. The number of amides is 1. The van der Waals surface area contributed by atoms with Crippen molar-refractivity contribution in [3.8, 4) is 0 Å². The minimum Gasteiger partial charge on any atom is -0.480 e. The number of hydrogen-bond donors (Lipinski definition) is 1. The van der Waals surface area contributed by atoms with E-state index in [1.54, 1.807) is 0 Å². The number of pyridine rings is 1. The molecule has 1 fully saturated rings. The number of carboxylic acid groups (broad SMARTS) is 1. The van der Waals surface area contributed by atoms with Gasteiger partial charge in [0.15, 0.2) is 10.8 Å². The Morgan fingerprint density at radius 1 is 1.26 bits per heavy atom. The number of carbonyl (C=O) groups is 2. The van der Waals surface area contributed by atoms with Gasteiger partial charge in [-0.3, -0.25) is 9.20 Å². The Hall–Kier alpha value is -2.61. The van der Waals surface area contributed by atoms with Crippen LogP contribution >= 0.6 is 11.8 Å². The second-order valence-electron chi connectivity index (χ2n) is 6.75. The van der Waals surface area contributed by atoms with Crippen molar-refractivity contribution in [2.75, 3.05) is 12.3 Å². The molecule has 1 aliphatic heterocycles. The number of hydrogen-bond acceptors (Lipinski definition) is 5. The largest absolute Gasteiger partial charge is 0.480 e. The van der Waals surface area contributed by atoms with Crippen molar-refractivity contribution in [3.63, 3.8) is 0 Å². The molecule has 1 amide bonds. The summed E-state index contributed by atoms with van der Waals surface area (Å²) in [5.74, 6) is -0.949. The van der Waals surface area contributed by atoms with Crippen molar-refractivity contribution in [1.82, 2.24) is 19.5 Å². The van der Waals surface area contributed by atoms with Crippen LogP contribution in [0.15, 0.2) is 35.5 Å². The first-order valence-corrected chi connectivity index (χ1v) is 9.93. The van der Waals surface area contributed by atoms with E-state index in [0.717, 1.165) is 35.0 Å². The first kappa shape index (κ1) is 17.8. The van der Waals surface area contributed by atoms with Gasteiger partial charge in [0.2, 0.25) is 5.91 Å². The van der Waals surface area contributed by atoms with E-state index in [2.05, 4.69) is 16.3 Å². The quantitative estimate of drug-likeness (QED) is 0.696. The summed E-state index contributed by atoms with van der Waals surface area (Å²) in [5, 5.41) is 19.6. The van der Waals surface area contributed by atoms with Gasteiger partial charge < -0.3 is 10.0 Å². The summed E-state index contributed by atoms with van der Waals surface area (Å²) in [7, 11) is 0. The first-order valence-electron chi connectivity index (χ1n) is 8.95. The fraction of sp³-hybridized carbons (Fsp3) is 0.368. The van der Waals surface area contributed by atoms with Gasteiger partial charge in [0.1, 0.15) is 6.04 Å². The Bertz CT molecular complexity index is 1030. The fourth-order valence-corrected chi connectivity index (χ4v) is 4.50. The summed E-state index contributed by atoms with van der Waals surface area (Å²) in [4.78, 5) is 25.6. The molecule has 1 aliphatic rings. The van der Waals surface area contributed by atoms with Gasteiger partial charge in [-0.2, -0.15) is 0 Å². The van der Waals surface area contributed by atoms with E-state index in [1.165, 1.54) is 16.7 Å². The predicted octanol–water partition coefficient (Wildman–Crippen LogP) is 2.75. The van der Waals surface area contributed by atoms with Crippen LogP contribution in [0, 0.1) is 6.92 Å². The first-order chi connectivity index (χ1) is 13.1. The van der Waals surface area contributed by atoms with Gasteiger partial charge in [0.05, 0.1) is 11.3 Å². The van der Waals surface area contributed by atoms with E-state index >= 15 is 0 Å². The zero-order valence-electron chi connectivity index (χ0n) is 15.0. The van der Waals surface area contributed by atoms with Crippen LogP contribution in [0.1, 0.15) is 24.8 Å². The standard InChI is InChI=1S/C19H20N4O3S/c1-12-10-16-20-21-19(23(16)14-7-3-2-6-13(12)14)27-11-17(24)22-9-5-4-8-15(22)18(25)26/h2-3,6-7,10,15H,4-5,8-9,11H2,1H3,(H,25,26)/t15-/m1/s1. The molecule has 0 spiro atoms. The summed E-state index contributed by atoms with van der Waals surface area (Å²) in [6, 6.07) is 9.28. The molecule has 0 bridgehead atoms. The highest BCUT2D eigenvalue weighted by molar-refractivity contribution is 7.99. The van der Waals surface area contributed by atoms with Gasteiger partial charge in [-0.15, -0.1) is 10.2 Å². The zero-order chi connectivity index (χ0) is 19.0. The molecule has 27 heavy (non-hydrogen) atoms. The van der Waals surface area contributed by atoms with E-state index < -0.39 is 12.0 Å². The highest BCUT2D eigenvalue weighted by Crippen LogP contribution is 2.26. The molecular formula is C19H20N4O3S. The van der Waals surface area contributed by atoms with Crippen molar-refractivity contribution in [3.05, 3.63) is 35.9 Å². The van der Waals surface area contributed by atoms with Crippen molar-refractivity contribution in [2.24, 2.45) is 0 Å². The van der Waals surface area contributed by atoms with Gasteiger partial charge >= 0.3 is 5.97 Å². The van der Waals surface area contributed by atoms with Crippen molar-refractivity contribution >= 4 is 40.2 Å². The number of piperidine rings is 1. The molecule has 0 aliphatic carbocycles. The highest BCUT2D eigenvalue weighted by atomic mass is 32.2. The van der Waals surface area contributed by atoms with Crippen LogP contribution < -0.4 is 0 Å². The number of likely N-dealkylation sites (tertiary alicyclic amines) is 1. The highest BCUT2D eigenvalue weighted by Gasteiger charge is 2.31. The fourth-order valence-electron chi connectivity index (χ4n) is 3.66. The number of fused-ring (bicyclic) bond motifs is 3. The summed E-state index contributed by atoms with van der Waals surface area (Å²) in [6.07, 6.45) is 2.20. The molecule has 4 rings (SSSR count). The van der Waals surface area contributed by atoms with E-state index in [-0.39, 0.29) is 11.7 Å². The molecule has 2 aromatic heterocycles. The van der Waals surface area contributed by atoms with Crippen LogP contribution in [-0.2, 0) is 9.59 Å². The number of aliphatic carboxylic acids is 1. The Labute approximate surface area is 160 Å².